The van der Waals surface area contributed by atoms with E-state index in [-0.39, 0.29) is 6.54 Å². The molecule has 0 amide bonds. The van der Waals surface area contributed by atoms with Crippen molar-refractivity contribution >= 4 is 5.69 Å². The molecule has 1 aromatic rings. The first-order chi connectivity index (χ1) is 7.51. The van der Waals surface area contributed by atoms with Gasteiger partial charge < -0.3 is 10.1 Å². The fraction of sp³-hybridized carbons (Fsp3) is 0.455. The van der Waals surface area contributed by atoms with E-state index in [0.717, 1.165) is 0 Å². The van der Waals surface area contributed by atoms with Crippen molar-refractivity contribution in [3.05, 3.63) is 24.3 Å². The second-order valence-electron chi connectivity index (χ2n) is 3.25. The van der Waals surface area contributed by atoms with Gasteiger partial charge in [-0.15, -0.1) is 0 Å². The molecule has 0 aliphatic heterocycles. The number of hydrogen-bond donors (Lipinski definition) is 1. The molecule has 0 unspecified atom stereocenters. The maximum Gasteiger partial charge on any atom is 0.390 e. The first kappa shape index (κ1) is 12.7. The molecule has 0 aromatic heterocycles. The average molecular weight is 233 g/mol. The van der Waals surface area contributed by atoms with Crippen molar-refractivity contribution in [1.82, 2.24) is 0 Å². The Balaban J connectivity index is 2.37. The summed E-state index contributed by atoms with van der Waals surface area (Å²) in [5.41, 5.74) is 0.660. The van der Waals surface area contributed by atoms with Gasteiger partial charge in [-0.2, -0.15) is 13.2 Å². The summed E-state index contributed by atoms with van der Waals surface area (Å²) in [5, 5.41) is 2.69. The SMILES string of the molecule is CCOc1ccc(NCCC(F)(F)F)cc1. The molecule has 1 aromatic carbocycles. The summed E-state index contributed by atoms with van der Waals surface area (Å²) in [7, 11) is 0. The third-order valence-electron chi connectivity index (χ3n) is 1.90. The van der Waals surface area contributed by atoms with Crippen molar-refractivity contribution in [2.24, 2.45) is 0 Å². The summed E-state index contributed by atoms with van der Waals surface area (Å²) < 4.78 is 40.8. The van der Waals surface area contributed by atoms with Gasteiger partial charge in [0.15, 0.2) is 0 Å². The van der Waals surface area contributed by atoms with Crippen LogP contribution in [-0.2, 0) is 0 Å². The minimum atomic E-state index is -4.11. The molecule has 0 aliphatic rings. The van der Waals surface area contributed by atoms with Gasteiger partial charge in [0, 0.05) is 12.2 Å². The lowest BCUT2D eigenvalue weighted by Crippen LogP contribution is -2.14. The number of benzene rings is 1. The Kier molecular flexibility index (Phi) is 4.46. The van der Waals surface area contributed by atoms with Crippen LogP contribution in [0, 0.1) is 0 Å². The summed E-state index contributed by atoms with van der Waals surface area (Å²) in [5.74, 6) is 0.712. The number of hydrogen-bond acceptors (Lipinski definition) is 2. The molecule has 16 heavy (non-hydrogen) atoms. The van der Waals surface area contributed by atoms with Gasteiger partial charge in [-0.1, -0.05) is 0 Å². The van der Waals surface area contributed by atoms with Gasteiger partial charge in [-0.05, 0) is 31.2 Å². The predicted octanol–water partition coefficient (Wildman–Crippen LogP) is 3.45. The molecular weight excluding hydrogens is 219 g/mol. The van der Waals surface area contributed by atoms with Gasteiger partial charge in [0.25, 0.3) is 0 Å². The molecule has 90 valence electrons. The van der Waals surface area contributed by atoms with E-state index in [2.05, 4.69) is 5.32 Å². The highest BCUT2D eigenvalue weighted by molar-refractivity contribution is 5.46. The van der Waals surface area contributed by atoms with Crippen LogP contribution in [0.1, 0.15) is 13.3 Å². The Labute approximate surface area is 92.4 Å². The van der Waals surface area contributed by atoms with Gasteiger partial charge >= 0.3 is 6.18 Å². The van der Waals surface area contributed by atoms with Gasteiger partial charge in [-0.3, -0.25) is 0 Å². The summed E-state index contributed by atoms with van der Waals surface area (Å²) in [6.07, 6.45) is -4.95. The summed E-state index contributed by atoms with van der Waals surface area (Å²) in [4.78, 5) is 0. The number of ether oxygens (including phenoxy) is 1. The van der Waals surface area contributed by atoms with Crippen molar-refractivity contribution in [1.29, 1.82) is 0 Å². The standard InChI is InChI=1S/C11H14F3NO/c1-2-16-10-5-3-9(4-6-10)15-8-7-11(12,13)14/h3-6,15H,2,7-8H2,1H3. The predicted molar refractivity (Wildman–Crippen MR) is 56.8 cm³/mol. The molecule has 5 heteroatoms. The fourth-order valence-electron chi connectivity index (χ4n) is 1.18. The Hall–Kier alpha value is -1.39. The van der Waals surface area contributed by atoms with Crippen LogP contribution in [0.3, 0.4) is 0 Å². The fourth-order valence-corrected chi connectivity index (χ4v) is 1.18. The molecule has 2 nitrogen and oxygen atoms in total. The topological polar surface area (TPSA) is 21.3 Å². The van der Waals surface area contributed by atoms with Crippen LogP contribution in [0.2, 0.25) is 0 Å². The quantitative estimate of drug-likeness (QED) is 0.841. The minimum Gasteiger partial charge on any atom is -0.494 e. The van der Waals surface area contributed by atoms with Crippen LogP contribution in [0.25, 0.3) is 0 Å². The number of halogens is 3. The van der Waals surface area contributed by atoms with E-state index in [1.54, 1.807) is 24.3 Å². The van der Waals surface area contributed by atoms with Crippen molar-refractivity contribution in [2.75, 3.05) is 18.5 Å². The smallest absolute Gasteiger partial charge is 0.390 e. The zero-order chi connectivity index (χ0) is 12.0. The molecule has 0 fully saturated rings. The lowest BCUT2D eigenvalue weighted by Gasteiger charge is -2.09. The summed E-state index contributed by atoms with van der Waals surface area (Å²) in [6, 6.07) is 6.83. The second kappa shape index (κ2) is 5.63. The largest absolute Gasteiger partial charge is 0.494 e. The molecule has 1 N–H and O–H groups in total. The number of nitrogens with one attached hydrogen (secondary N) is 1. The average Bonchev–Trinajstić information content (AvgIpc) is 2.19. The highest BCUT2D eigenvalue weighted by atomic mass is 19.4. The Morgan fingerprint density at radius 2 is 1.81 bits per heavy atom. The van der Waals surface area contributed by atoms with E-state index < -0.39 is 12.6 Å². The lowest BCUT2D eigenvalue weighted by molar-refractivity contribution is -0.131. The first-order valence-electron chi connectivity index (χ1n) is 5.05. The van der Waals surface area contributed by atoms with Crippen LogP contribution in [0.4, 0.5) is 18.9 Å². The van der Waals surface area contributed by atoms with Crippen molar-refractivity contribution in [3.8, 4) is 5.75 Å². The maximum absolute atomic E-state index is 11.9. The van der Waals surface area contributed by atoms with Crippen LogP contribution in [0.5, 0.6) is 5.75 Å². The van der Waals surface area contributed by atoms with E-state index in [1.807, 2.05) is 6.92 Å². The van der Waals surface area contributed by atoms with Gasteiger partial charge in [0.1, 0.15) is 5.75 Å². The molecule has 0 saturated carbocycles. The number of alkyl halides is 3. The van der Waals surface area contributed by atoms with Crippen LogP contribution >= 0.6 is 0 Å². The maximum atomic E-state index is 11.9. The van der Waals surface area contributed by atoms with E-state index >= 15 is 0 Å². The van der Waals surface area contributed by atoms with Crippen LogP contribution < -0.4 is 10.1 Å². The van der Waals surface area contributed by atoms with Crippen molar-refractivity contribution < 1.29 is 17.9 Å². The summed E-state index contributed by atoms with van der Waals surface area (Å²) in [6.45, 7) is 2.33. The first-order valence-corrected chi connectivity index (χ1v) is 5.05. The third-order valence-corrected chi connectivity index (χ3v) is 1.90. The Morgan fingerprint density at radius 1 is 1.19 bits per heavy atom. The highest BCUT2D eigenvalue weighted by Crippen LogP contribution is 2.20. The van der Waals surface area contributed by atoms with Crippen LogP contribution in [-0.4, -0.2) is 19.3 Å². The number of rotatable bonds is 5. The molecule has 0 spiro atoms. The summed E-state index contributed by atoms with van der Waals surface area (Å²) >= 11 is 0. The van der Waals surface area contributed by atoms with E-state index in [0.29, 0.717) is 18.0 Å². The molecule has 0 bridgehead atoms. The van der Waals surface area contributed by atoms with Crippen LogP contribution in [0.15, 0.2) is 24.3 Å². The lowest BCUT2D eigenvalue weighted by atomic mass is 10.3. The number of anilines is 1. The van der Waals surface area contributed by atoms with E-state index in [4.69, 9.17) is 4.74 Å². The molecule has 0 heterocycles. The molecule has 0 saturated heterocycles. The van der Waals surface area contributed by atoms with E-state index in [1.165, 1.54) is 0 Å². The molecule has 0 aliphatic carbocycles. The monoisotopic (exact) mass is 233 g/mol. The zero-order valence-electron chi connectivity index (χ0n) is 8.97. The Bertz CT molecular complexity index is 308. The Morgan fingerprint density at radius 3 is 2.31 bits per heavy atom. The van der Waals surface area contributed by atoms with E-state index in [9.17, 15) is 13.2 Å². The van der Waals surface area contributed by atoms with Gasteiger partial charge in [0.05, 0.1) is 13.0 Å². The highest BCUT2D eigenvalue weighted by Gasteiger charge is 2.25. The molecule has 0 radical (unpaired) electrons. The minimum absolute atomic E-state index is 0.114. The van der Waals surface area contributed by atoms with Gasteiger partial charge in [-0.25, -0.2) is 0 Å². The second-order valence-corrected chi connectivity index (χ2v) is 3.25. The third kappa shape index (κ3) is 4.91. The normalized spacial score (nSPS) is 11.2. The van der Waals surface area contributed by atoms with Gasteiger partial charge in [0.2, 0.25) is 0 Å². The van der Waals surface area contributed by atoms with Crippen molar-refractivity contribution in [3.63, 3.8) is 0 Å². The molecular formula is C11H14F3NO. The molecule has 0 atom stereocenters. The molecule has 1 rings (SSSR count). The van der Waals surface area contributed by atoms with Crippen molar-refractivity contribution in [2.45, 2.75) is 19.5 Å². The zero-order valence-corrected chi connectivity index (χ0v) is 8.97.